The summed E-state index contributed by atoms with van der Waals surface area (Å²) in [7, 11) is 1.69. The van der Waals surface area contributed by atoms with Crippen molar-refractivity contribution in [3.63, 3.8) is 0 Å². The Labute approximate surface area is 202 Å². The number of rotatable bonds is 7. The highest BCUT2D eigenvalue weighted by molar-refractivity contribution is 5.97. The van der Waals surface area contributed by atoms with Crippen LogP contribution in [0.3, 0.4) is 0 Å². The van der Waals surface area contributed by atoms with Crippen LogP contribution < -0.4 is 16.2 Å². The molecular weight excluding hydrogens is 442 g/mol. The zero-order chi connectivity index (χ0) is 24.8. The van der Waals surface area contributed by atoms with Gasteiger partial charge in [-0.05, 0) is 40.5 Å². The third kappa shape index (κ3) is 5.65. The summed E-state index contributed by atoms with van der Waals surface area (Å²) in [6.07, 6.45) is 0.458. The van der Waals surface area contributed by atoms with Gasteiger partial charge in [-0.1, -0.05) is 72.8 Å². The normalized spacial score (nSPS) is 11.6. The van der Waals surface area contributed by atoms with E-state index in [0.717, 1.165) is 22.3 Å². The minimum atomic E-state index is -1.29. The molecule has 7 heteroatoms. The lowest BCUT2D eigenvalue weighted by molar-refractivity contribution is -0.118. The van der Waals surface area contributed by atoms with E-state index >= 15 is 0 Å². The summed E-state index contributed by atoms with van der Waals surface area (Å²) in [5, 5.41) is 14.8. The third-order valence-corrected chi connectivity index (χ3v) is 5.78. The van der Waals surface area contributed by atoms with E-state index in [4.69, 9.17) is 0 Å². The summed E-state index contributed by atoms with van der Waals surface area (Å²) < 4.78 is 1.50. The fourth-order valence-corrected chi connectivity index (χ4v) is 4.06. The Balaban J connectivity index is 1.62. The van der Waals surface area contributed by atoms with Gasteiger partial charge in [-0.3, -0.25) is 9.59 Å². The predicted molar refractivity (Wildman–Crippen MR) is 135 cm³/mol. The van der Waals surface area contributed by atoms with E-state index in [0.29, 0.717) is 5.69 Å². The lowest BCUT2D eigenvalue weighted by Gasteiger charge is -2.27. The summed E-state index contributed by atoms with van der Waals surface area (Å²) in [6, 6.07) is 28.0. The van der Waals surface area contributed by atoms with Crippen molar-refractivity contribution < 1.29 is 14.7 Å². The van der Waals surface area contributed by atoms with Gasteiger partial charge in [-0.25, -0.2) is 4.79 Å². The Morgan fingerprint density at radius 2 is 1.31 bits per heavy atom. The fourth-order valence-electron chi connectivity index (χ4n) is 4.06. The van der Waals surface area contributed by atoms with Crippen molar-refractivity contribution in [2.24, 2.45) is 7.05 Å². The number of nitrogens with one attached hydrogen (secondary N) is 2. The van der Waals surface area contributed by atoms with E-state index in [1.54, 1.807) is 31.4 Å². The molecule has 0 unspecified atom stereocenters. The first-order valence-electron chi connectivity index (χ1n) is 11.1. The molecule has 0 aliphatic heterocycles. The van der Waals surface area contributed by atoms with Crippen LogP contribution in [0.15, 0.2) is 108 Å². The van der Waals surface area contributed by atoms with Crippen LogP contribution in [-0.4, -0.2) is 27.7 Å². The molecule has 1 aromatic heterocycles. The van der Waals surface area contributed by atoms with Gasteiger partial charge in [-0.15, -0.1) is 0 Å². The number of carbonyl (C=O) groups excluding carboxylic acids is 1. The van der Waals surface area contributed by atoms with Gasteiger partial charge < -0.3 is 20.3 Å². The summed E-state index contributed by atoms with van der Waals surface area (Å²) in [6.45, 7) is 0. The largest absolute Gasteiger partial charge is 0.465 e. The van der Waals surface area contributed by atoms with Gasteiger partial charge >= 0.3 is 6.09 Å². The quantitative estimate of drug-likeness (QED) is 0.374. The zero-order valence-electron chi connectivity index (χ0n) is 19.1. The second-order valence-corrected chi connectivity index (χ2v) is 8.16. The van der Waals surface area contributed by atoms with Crippen molar-refractivity contribution in [3.8, 4) is 11.1 Å². The van der Waals surface area contributed by atoms with Gasteiger partial charge in [0.1, 0.15) is 6.04 Å². The molecule has 0 bridgehead atoms. The molecule has 0 aliphatic rings. The Morgan fingerprint density at radius 1 is 0.771 bits per heavy atom. The highest BCUT2D eigenvalue weighted by Gasteiger charge is 2.32. The van der Waals surface area contributed by atoms with Crippen LogP contribution in [0, 0.1) is 0 Å². The molecule has 176 valence electrons. The monoisotopic (exact) mass is 467 g/mol. The highest BCUT2D eigenvalue weighted by atomic mass is 16.4. The van der Waals surface area contributed by atoms with Crippen LogP contribution in [0.25, 0.3) is 11.1 Å². The lowest BCUT2D eigenvalue weighted by atomic mass is 9.84. The number of carbonyl (C=O) groups is 2. The van der Waals surface area contributed by atoms with E-state index in [-0.39, 0.29) is 5.56 Å². The number of aryl methyl sites for hydroxylation is 1. The van der Waals surface area contributed by atoms with Crippen LogP contribution in [-0.2, 0) is 11.8 Å². The Bertz CT molecular complexity index is 1330. The zero-order valence-corrected chi connectivity index (χ0v) is 19.1. The van der Waals surface area contributed by atoms with Crippen LogP contribution in [0.2, 0.25) is 0 Å². The Hall–Kier alpha value is -4.65. The number of aromatic nitrogens is 1. The summed E-state index contributed by atoms with van der Waals surface area (Å²) in [5.41, 5.74) is 3.81. The van der Waals surface area contributed by atoms with Crippen LogP contribution in [0.1, 0.15) is 17.0 Å². The molecule has 0 fully saturated rings. The first-order valence-corrected chi connectivity index (χ1v) is 11.1. The molecule has 4 aromatic rings. The molecule has 1 atom stereocenters. The van der Waals surface area contributed by atoms with Crippen molar-refractivity contribution >= 4 is 17.7 Å². The maximum Gasteiger partial charge on any atom is 0.405 e. The summed E-state index contributed by atoms with van der Waals surface area (Å²) in [4.78, 5) is 36.7. The van der Waals surface area contributed by atoms with Crippen LogP contribution >= 0.6 is 0 Å². The first-order chi connectivity index (χ1) is 16.9. The lowest BCUT2D eigenvalue weighted by Crippen LogP contribution is -2.47. The highest BCUT2D eigenvalue weighted by Crippen LogP contribution is 2.29. The van der Waals surface area contributed by atoms with Crippen molar-refractivity contribution in [1.82, 2.24) is 9.88 Å². The average Bonchev–Trinajstić information content (AvgIpc) is 2.87. The number of amides is 2. The third-order valence-electron chi connectivity index (χ3n) is 5.78. The van der Waals surface area contributed by atoms with Gasteiger partial charge in [0.25, 0.3) is 0 Å². The van der Waals surface area contributed by atoms with E-state index < -0.39 is 24.0 Å². The molecule has 2 amide bonds. The molecular formula is C28H25N3O4. The van der Waals surface area contributed by atoms with Crippen molar-refractivity contribution in [2.75, 3.05) is 5.32 Å². The number of hydrogen-bond donors (Lipinski definition) is 3. The molecule has 3 aromatic carbocycles. The topological polar surface area (TPSA) is 100 Å². The molecule has 4 rings (SSSR count). The van der Waals surface area contributed by atoms with Crippen LogP contribution in [0.4, 0.5) is 10.5 Å². The van der Waals surface area contributed by atoms with Gasteiger partial charge in [0.15, 0.2) is 0 Å². The van der Waals surface area contributed by atoms with Crippen molar-refractivity contribution in [2.45, 2.75) is 12.0 Å². The van der Waals surface area contributed by atoms with E-state index in [1.165, 1.54) is 10.6 Å². The number of nitrogens with zero attached hydrogens (tertiary/aromatic N) is 1. The van der Waals surface area contributed by atoms with Gasteiger partial charge in [-0.2, -0.15) is 0 Å². The van der Waals surface area contributed by atoms with Crippen LogP contribution in [0.5, 0.6) is 0 Å². The minimum Gasteiger partial charge on any atom is -0.465 e. The number of pyridine rings is 1. The molecule has 0 saturated carbocycles. The molecule has 0 saturated heterocycles. The molecule has 3 N–H and O–H groups in total. The average molecular weight is 468 g/mol. The Morgan fingerprint density at radius 3 is 1.83 bits per heavy atom. The molecule has 1 heterocycles. The first kappa shape index (κ1) is 23.5. The van der Waals surface area contributed by atoms with Gasteiger partial charge in [0, 0.05) is 30.9 Å². The Kier molecular flexibility index (Phi) is 7.07. The fraction of sp³-hybridized carbons (Fsp3) is 0.107. The standard InChI is InChI=1S/C28H25N3O4/c1-31-18-22(14-17-24(31)32)19-12-15-23(16-13-19)29-27(33)26(30-28(34)35)25(20-8-4-2-5-9-20)21-10-6-3-7-11-21/h2-18,25-26,30H,1H3,(H,29,33)(H,34,35)/t26-/m0/s1. The van der Waals surface area contributed by atoms with E-state index in [1.807, 2.05) is 72.8 Å². The predicted octanol–water partition coefficient (Wildman–Crippen LogP) is 4.46. The van der Waals surface area contributed by atoms with Crippen molar-refractivity contribution in [1.29, 1.82) is 0 Å². The second-order valence-electron chi connectivity index (χ2n) is 8.16. The van der Waals surface area contributed by atoms with Gasteiger partial charge in [0.2, 0.25) is 11.5 Å². The van der Waals surface area contributed by atoms with Gasteiger partial charge in [0.05, 0.1) is 0 Å². The summed E-state index contributed by atoms with van der Waals surface area (Å²) >= 11 is 0. The molecule has 7 nitrogen and oxygen atoms in total. The van der Waals surface area contributed by atoms with E-state index in [2.05, 4.69) is 10.6 Å². The number of carboxylic acid groups (broad SMARTS) is 1. The molecule has 0 radical (unpaired) electrons. The molecule has 0 aliphatic carbocycles. The number of anilines is 1. The maximum atomic E-state index is 13.4. The number of hydrogen-bond acceptors (Lipinski definition) is 3. The minimum absolute atomic E-state index is 0.0963. The molecule has 35 heavy (non-hydrogen) atoms. The van der Waals surface area contributed by atoms with Crippen molar-refractivity contribution in [3.05, 3.63) is 125 Å². The SMILES string of the molecule is Cn1cc(-c2ccc(NC(=O)[C@@H](NC(=O)O)C(c3ccccc3)c3ccccc3)cc2)ccc1=O. The second kappa shape index (κ2) is 10.5. The smallest absolute Gasteiger partial charge is 0.405 e. The van der Waals surface area contributed by atoms with E-state index in [9.17, 15) is 19.5 Å². The maximum absolute atomic E-state index is 13.4. The molecule has 0 spiro atoms. The number of benzene rings is 3. The summed E-state index contributed by atoms with van der Waals surface area (Å²) in [5.74, 6) is -1.00.